The highest BCUT2D eigenvalue weighted by Gasteiger charge is 2.08. The summed E-state index contributed by atoms with van der Waals surface area (Å²) in [5, 5.41) is 0. The fourth-order valence-electron chi connectivity index (χ4n) is 2.58. The van der Waals surface area contributed by atoms with Gasteiger partial charge in [-0.3, -0.25) is 8.80 Å². The van der Waals surface area contributed by atoms with Crippen LogP contribution in [0.15, 0.2) is 24.8 Å². The van der Waals surface area contributed by atoms with Gasteiger partial charge in [0.2, 0.25) is 0 Å². The minimum atomic E-state index is 0.530. The van der Waals surface area contributed by atoms with Gasteiger partial charge in [-0.1, -0.05) is 0 Å². The third-order valence-electron chi connectivity index (χ3n) is 3.65. The van der Waals surface area contributed by atoms with Gasteiger partial charge in [-0.2, -0.15) is 0 Å². The smallest absolute Gasteiger partial charge is 0.150 e. The van der Waals surface area contributed by atoms with Crippen molar-refractivity contribution in [1.82, 2.24) is 28.7 Å². The molecule has 4 heterocycles. The van der Waals surface area contributed by atoms with Gasteiger partial charge in [-0.25, -0.2) is 19.9 Å². The second-order valence-electron chi connectivity index (χ2n) is 5.26. The van der Waals surface area contributed by atoms with Crippen LogP contribution >= 0.6 is 22.6 Å². The van der Waals surface area contributed by atoms with Gasteiger partial charge in [-0.05, 0) is 43.4 Å². The summed E-state index contributed by atoms with van der Waals surface area (Å²) in [7, 11) is 0. The molecule has 4 aromatic heterocycles. The number of hydrogen-bond donors (Lipinski definition) is 2. The molecule has 0 fully saturated rings. The Morgan fingerprint density at radius 2 is 1.33 bits per heavy atom. The molecule has 0 bridgehead atoms. The molecule has 4 N–H and O–H groups in total. The van der Waals surface area contributed by atoms with Crippen molar-refractivity contribution in [2.24, 2.45) is 0 Å². The van der Waals surface area contributed by atoms with Gasteiger partial charge in [0.15, 0.2) is 5.82 Å². The molecule has 0 radical (unpaired) electrons. The zero-order valence-corrected chi connectivity index (χ0v) is 15.7. The molecule has 124 valence electrons. The first-order chi connectivity index (χ1) is 11.4. The number of nitrogen functional groups attached to an aromatic ring is 2. The molecule has 0 unspecified atom stereocenters. The van der Waals surface area contributed by atoms with Crippen LogP contribution in [0.3, 0.4) is 0 Å². The molecular weight excluding hydrogens is 419 g/mol. The zero-order chi connectivity index (χ0) is 17.4. The molecule has 0 aliphatic rings. The molecule has 8 nitrogen and oxygen atoms in total. The van der Waals surface area contributed by atoms with E-state index in [9.17, 15) is 0 Å². The van der Waals surface area contributed by atoms with Crippen molar-refractivity contribution in [3.8, 4) is 0 Å². The van der Waals surface area contributed by atoms with Gasteiger partial charge >= 0.3 is 0 Å². The van der Waals surface area contributed by atoms with E-state index in [1.807, 2.05) is 42.0 Å². The number of aromatic nitrogens is 6. The number of fused-ring (bicyclic) bond motifs is 2. The molecule has 0 aromatic carbocycles. The van der Waals surface area contributed by atoms with Crippen molar-refractivity contribution in [3.05, 3.63) is 45.8 Å². The van der Waals surface area contributed by atoms with Gasteiger partial charge in [0.1, 0.15) is 32.2 Å². The number of hydrogen-bond acceptors (Lipinski definition) is 6. The number of aryl methyl sites for hydroxylation is 3. The standard InChI is InChI=1S/C8H10N4.C7H7IN4/c1-5-7-8(9)10-3-4-12(7)6(2)11-5;1-4-11-6(8)5-7(9)10-2-3-12(4)5/h3-4H,1-2H3,(H2,9,10);2-3H,1H3,(H2,9,10). The lowest BCUT2D eigenvalue weighted by molar-refractivity contribution is 1.03. The van der Waals surface area contributed by atoms with Crippen LogP contribution in [0.5, 0.6) is 0 Å². The molecule has 0 atom stereocenters. The lowest BCUT2D eigenvalue weighted by Gasteiger charge is -1.97. The maximum Gasteiger partial charge on any atom is 0.150 e. The van der Waals surface area contributed by atoms with E-state index in [1.165, 1.54) is 0 Å². The van der Waals surface area contributed by atoms with Gasteiger partial charge in [0.05, 0.1) is 5.69 Å². The number of nitrogens with zero attached hydrogens (tertiary/aromatic N) is 6. The summed E-state index contributed by atoms with van der Waals surface area (Å²) in [6, 6.07) is 0. The van der Waals surface area contributed by atoms with Crippen molar-refractivity contribution in [3.63, 3.8) is 0 Å². The number of anilines is 2. The SMILES string of the molecule is Cc1nc(C)n2ccnc(N)c12.Cc1nc(I)c2c(N)nccn12. The Morgan fingerprint density at radius 3 is 1.88 bits per heavy atom. The van der Waals surface area contributed by atoms with Crippen LogP contribution in [-0.2, 0) is 0 Å². The predicted octanol–water partition coefficient (Wildman–Crippen LogP) is 2.15. The monoisotopic (exact) mass is 436 g/mol. The highest BCUT2D eigenvalue weighted by molar-refractivity contribution is 14.1. The Bertz CT molecular complexity index is 949. The van der Waals surface area contributed by atoms with E-state index in [-0.39, 0.29) is 0 Å². The summed E-state index contributed by atoms with van der Waals surface area (Å²) in [4.78, 5) is 16.6. The zero-order valence-electron chi connectivity index (χ0n) is 13.5. The average molecular weight is 436 g/mol. The van der Waals surface area contributed by atoms with Gasteiger partial charge in [-0.15, -0.1) is 0 Å². The second kappa shape index (κ2) is 6.23. The molecule has 9 heteroatoms. The van der Waals surface area contributed by atoms with Crippen LogP contribution in [-0.4, -0.2) is 28.7 Å². The van der Waals surface area contributed by atoms with Crippen molar-refractivity contribution < 1.29 is 0 Å². The summed E-state index contributed by atoms with van der Waals surface area (Å²) in [6.45, 7) is 5.81. The summed E-state index contributed by atoms with van der Waals surface area (Å²) in [6.07, 6.45) is 7.07. The molecule has 4 rings (SSSR count). The Labute approximate surface area is 152 Å². The molecule has 4 aromatic rings. The summed E-state index contributed by atoms with van der Waals surface area (Å²) in [5.74, 6) is 2.94. The predicted molar refractivity (Wildman–Crippen MR) is 102 cm³/mol. The maximum absolute atomic E-state index is 5.70. The fourth-order valence-corrected chi connectivity index (χ4v) is 3.47. The quantitative estimate of drug-likeness (QED) is 0.409. The van der Waals surface area contributed by atoms with Crippen LogP contribution in [0.2, 0.25) is 0 Å². The van der Waals surface area contributed by atoms with E-state index in [4.69, 9.17) is 11.5 Å². The molecule has 0 spiro atoms. The first-order valence-corrected chi connectivity index (χ1v) is 8.28. The lowest BCUT2D eigenvalue weighted by atomic mass is 10.4. The molecule has 0 amide bonds. The summed E-state index contributed by atoms with van der Waals surface area (Å²) >= 11 is 2.15. The van der Waals surface area contributed by atoms with E-state index in [2.05, 4.69) is 42.5 Å². The minimum absolute atomic E-state index is 0.530. The molecule has 0 saturated heterocycles. The third-order valence-corrected chi connectivity index (χ3v) is 4.40. The van der Waals surface area contributed by atoms with Crippen molar-refractivity contribution >= 4 is 45.3 Å². The fraction of sp³-hybridized carbons (Fsp3) is 0.200. The van der Waals surface area contributed by atoms with Crippen LogP contribution in [0, 0.1) is 24.5 Å². The second-order valence-corrected chi connectivity index (χ2v) is 6.28. The number of imidazole rings is 2. The summed E-state index contributed by atoms with van der Waals surface area (Å²) in [5.41, 5.74) is 14.1. The largest absolute Gasteiger partial charge is 0.382 e. The van der Waals surface area contributed by atoms with Gasteiger partial charge in [0, 0.05) is 24.8 Å². The van der Waals surface area contributed by atoms with E-state index < -0.39 is 0 Å². The average Bonchev–Trinajstić information content (AvgIpc) is 2.99. The first-order valence-electron chi connectivity index (χ1n) is 7.20. The van der Waals surface area contributed by atoms with Gasteiger partial charge < -0.3 is 11.5 Å². The van der Waals surface area contributed by atoms with Gasteiger partial charge in [0.25, 0.3) is 0 Å². The van der Waals surface area contributed by atoms with Crippen molar-refractivity contribution in [2.75, 3.05) is 11.5 Å². The molecule has 0 aliphatic carbocycles. The van der Waals surface area contributed by atoms with E-state index in [0.29, 0.717) is 11.6 Å². The Kier molecular flexibility index (Phi) is 4.26. The summed E-state index contributed by atoms with van der Waals surface area (Å²) < 4.78 is 4.78. The normalized spacial score (nSPS) is 10.8. The minimum Gasteiger partial charge on any atom is -0.382 e. The highest BCUT2D eigenvalue weighted by atomic mass is 127. The molecule has 24 heavy (non-hydrogen) atoms. The number of nitrogens with two attached hydrogens (primary N) is 2. The van der Waals surface area contributed by atoms with E-state index in [1.54, 1.807) is 12.4 Å². The number of rotatable bonds is 0. The topological polar surface area (TPSA) is 112 Å². The van der Waals surface area contributed by atoms with Crippen LogP contribution in [0.25, 0.3) is 11.0 Å². The molecule has 0 aliphatic heterocycles. The Morgan fingerprint density at radius 1 is 0.833 bits per heavy atom. The van der Waals surface area contributed by atoms with E-state index >= 15 is 0 Å². The molecule has 0 saturated carbocycles. The van der Waals surface area contributed by atoms with Crippen LogP contribution in [0.4, 0.5) is 11.6 Å². The number of halogens is 1. The first kappa shape index (κ1) is 16.4. The van der Waals surface area contributed by atoms with Crippen LogP contribution < -0.4 is 11.5 Å². The lowest BCUT2D eigenvalue weighted by Crippen LogP contribution is -1.95. The maximum atomic E-state index is 5.70. The molecular formula is C15H17IN8. The third kappa shape index (κ3) is 2.75. The highest BCUT2D eigenvalue weighted by Crippen LogP contribution is 2.18. The Hall–Kier alpha value is -2.43. The van der Waals surface area contributed by atoms with Crippen molar-refractivity contribution in [1.29, 1.82) is 0 Å². The van der Waals surface area contributed by atoms with Crippen molar-refractivity contribution in [2.45, 2.75) is 20.8 Å². The Balaban J connectivity index is 0.000000141. The van der Waals surface area contributed by atoms with E-state index in [0.717, 1.165) is 32.1 Å². The van der Waals surface area contributed by atoms with Crippen LogP contribution in [0.1, 0.15) is 17.3 Å².